The van der Waals surface area contributed by atoms with Gasteiger partial charge in [-0.1, -0.05) is 48.5 Å². The van der Waals surface area contributed by atoms with E-state index in [2.05, 4.69) is 5.43 Å². The van der Waals surface area contributed by atoms with Crippen molar-refractivity contribution in [3.05, 3.63) is 88.3 Å². The Kier molecular flexibility index (Phi) is 5.48. The summed E-state index contributed by atoms with van der Waals surface area (Å²) in [5.41, 5.74) is 3.24. The first-order valence-electron chi connectivity index (χ1n) is 8.12. The van der Waals surface area contributed by atoms with E-state index in [1.165, 1.54) is 6.08 Å². The summed E-state index contributed by atoms with van der Waals surface area (Å²) in [5, 5.41) is 19.4. The lowest BCUT2D eigenvalue weighted by Crippen LogP contribution is -2.24. The third kappa shape index (κ3) is 3.90. The Morgan fingerprint density at radius 1 is 1.07 bits per heavy atom. The number of nitrogens with zero attached hydrogens (tertiary/aromatic N) is 3. The standard InChI is InChI=1S/C20H14N4O3S/c21-12-16(11-14-7-3-1-4-8-14)18(26)22-23-13-17(25)24(20(23)28)19(27)15-9-5-2-6-10-15/h1-11,13,25H,(H,22,26)/b16-11-. The van der Waals surface area contributed by atoms with Crippen molar-refractivity contribution in [2.75, 3.05) is 5.43 Å². The molecule has 2 N–H and O–H groups in total. The van der Waals surface area contributed by atoms with Crippen LogP contribution in [-0.4, -0.2) is 26.2 Å². The second-order valence-corrected chi connectivity index (χ2v) is 6.03. The molecule has 0 aliphatic heterocycles. The normalized spacial score (nSPS) is 10.9. The Morgan fingerprint density at radius 2 is 1.68 bits per heavy atom. The Bertz CT molecular complexity index is 1160. The number of hydrogen-bond acceptors (Lipinski definition) is 5. The van der Waals surface area contributed by atoms with Gasteiger partial charge in [-0.3, -0.25) is 15.0 Å². The minimum absolute atomic E-state index is 0.142. The Morgan fingerprint density at radius 3 is 2.29 bits per heavy atom. The number of amides is 1. The quantitative estimate of drug-likeness (QED) is 0.405. The molecule has 0 saturated heterocycles. The van der Waals surface area contributed by atoms with Crippen LogP contribution < -0.4 is 5.43 Å². The lowest BCUT2D eigenvalue weighted by molar-refractivity contribution is -0.113. The molecule has 0 saturated carbocycles. The summed E-state index contributed by atoms with van der Waals surface area (Å²) in [6.45, 7) is 0. The van der Waals surface area contributed by atoms with E-state index in [0.717, 1.165) is 15.4 Å². The van der Waals surface area contributed by atoms with Gasteiger partial charge in [-0.15, -0.1) is 0 Å². The fourth-order valence-corrected chi connectivity index (χ4v) is 2.72. The summed E-state index contributed by atoms with van der Waals surface area (Å²) in [4.78, 5) is 25.0. The lowest BCUT2D eigenvalue weighted by Gasteiger charge is -2.05. The number of carbonyl (C=O) groups is 2. The molecular weight excluding hydrogens is 376 g/mol. The van der Waals surface area contributed by atoms with Crippen LogP contribution in [0.4, 0.5) is 0 Å². The largest absolute Gasteiger partial charge is 0.493 e. The predicted molar refractivity (Wildman–Crippen MR) is 105 cm³/mol. The third-order valence-electron chi connectivity index (χ3n) is 3.79. The van der Waals surface area contributed by atoms with Crippen LogP contribution in [0.25, 0.3) is 6.08 Å². The summed E-state index contributed by atoms with van der Waals surface area (Å²) in [7, 11) is 0. The maximum atomic E-state index is 12.6. The number of imidazole rings is 1. The number of rotatable bonds is 4. The average Bonchev–Trinajstić information content (AvgIpc) is 3.00. The number of benzene rings is 2. The Balaban J connectivity index is 1.89. The molecule has 1 aromatic heterocycles. The summed E-state index contributed by atoms with van der Waals surface area (Å²) in [5.74, 6) is -1.71. The van der Waals surface area contributed by atoms with Crippen molar-refractivity contribution in [1.82, 2.24) is 9.24 Å². The first kappa shape index (κ1) is 18.8. The van der Waals surface area contributed by atoms with E-state index in [4.69, 9.17) is 12.2 Å². The summed E-state index contributed by atoms with van der Waals surface area (Å²) < 4.78 is 1.76. The van der Waals surface area contributed by atoms with Gasteiger partial charge in [-0.25, -0.2) is 9.24 Å². The summed E-state index contributed by atoms with van der Waals surface area (Å²) in [6.07, 6.45) is 2.52. The minimum Gasteiger partial charge on any atom is -0.493 e. The van der Waals surface area contributed by atoms with Crippen LogP contribution in [-0.2, 0) is 4.79 Å². The number of aromatic hydroxyl groups is 1. The van der Waals surface area contributed by atoms with Crippen LogP contribution in [0.2, 0.25) is 0 Å². The van der Waals surface area contributed by atoms with Crippen LogP contribution >= 0.6 is 12.2 Å². The first-order valence-corrected chi connectivity index (χ1v) is 8.53. The van der Waals surface area contributed by atoms with Crippen molar-refractivity contribution in [3.8, 4) is 11.9 Å². The number of carbonyl (C=O) groups excluding carboxylic acids is 2. The zero-order chi connectivity index (χ0) is 20.1. The van der Waals surface area contributed by atoms with Gasteiger partial charge in [-0.05, 0) is 36.0 Å². The zero-order valence-electron chi connectivity index (χ0n) is 14.4. The Labute approximate surface area is 165 Å². The lowest BCUT2D eigenvalue weighted by atomic mass is 10.1. The van der Waals surface area contributed by atoms with Crippen molar-refractivity contribution >= 4 is 30.1 Å². The highest BCUT2D eigenvalue weighted by molar-refractivity contribution is 7.71. The molecule has 0 bridgehead atoms. The molecule has 0 aliphatic rings. The van der Waals surface area contributed by atoms with Gasteiger partial charge >= 0.3 is 0 Å². The highest BCUT2D eigenvalue weighted by Gasteiger charge is 2.18. The minimum atomic E-state index is -0.730. The van der Waals surface area contributed by atoms with Gasteiger partial charge in [-0.2, -0.15) is 5.26 Å². The SMILES string of the molecule is N#C/C(=C/c1ccccc1)C(=O)Nn1cc(O)n(C(=O)c2ccccc2)c1=S. The van der Waals surface area contributed by atoms with E-state index in [0.29, 0.717) is 11.1 Å². The van der Waals surface area contributed by atoms with E-state index >= 15 is 0 Å². The molecule has 3 rings (SSSR count). The van der Waals surface area contributed by atoms with Gasteiger partial charge in [0.1, 0.15) is 11.6 Å². The molecule has 0 aliphatic carbocycles. The van der Waals surface area contributed by atoms with E-state index < -0.39 is 17.7 Å². The van der Waals surface area contributed by atoms with Crippen LogP contribution in [0, 0.1) is 16.1 Å². The van der Waals surface area contributed by atoms with Crippen molar-refractivity contribution in [2.45, 2.75) is 0 Å². The average molecular weight is 390 g/mol. The zero-order valence-corrected chi connectivity index (χ0v) is 15.3. The molecule has 0 fully saturated rings. The molecule has 0 atom stereocenters. The maximum absolute atomic E-state index is 12.6. The molecule has 0 spiro atoms. The highest BCUT2D eigenvalue weighted by Crippen LogP contribution is 2.15. The molecule has 138 valence electrons. The van der Waals surface area contributed by atoms with Crippen molar-refractivity contribution in [3.63, 3.8) is 0 Å². The molecule has 8 heteroatoms. The molecule has 7 nitrogen and oxygen atoms in total. The Hall–Kier alpha value is -3.96. The van der Waals surface area contributed by atoms with Crippen molar-refractivity contribution < 1.29 is 14.7 Å². The van der Waals surface area contributed by atoms with Gasteiger partial charge in [0.2, 0.25) is 10.7 Å². The van der Waals surface area contributed by atoms with Gasteiger partial charge in [0, 0.05) is 5.56 Å². The van der Waals surface area contributed by atoms with E-state index in [1.807, 2.05) is 12.1 Å². The predicted octanol–water partition coefficient (Wildman–Crippen LogP) is 3.09. The topological polar surface area (TPSA) is 100 Å². The number of nitrogens with one attached hydrogen (secondary N) is 1. The number of nitriles is 1. The molecule has 1 heterocycles. The second-order valence-electron chi connectivity index (χ2n) is 5.67. The van der Waals surface area contributed by atoms with Gasteiger partial charge in [0.15, 0.2) is 0 Å². The van der Waals surface area contributed by atoms with Crippen LogP contribution in [0.1, 0.15) is 15.9 Å². The monoisotopic (exact) mass is 390 g/mol. The molecule has 2 aromatic carbocycles. The van der Waals surface area contributed by atoms with E-state index in [1.54, 1.807) is 54.6 Å². The van der Waals surface area contributed by atoms with Gasteiger partial charge in [0.05, 0.1) is 6.20 Å². The number of hydrogen-bond donors (Lipinski definition) is 2. The van der Waals surface area contributed by atoms with E-state index in [9.17, 15) is 20.0 Å². The second kappa shape index (κ2) is 8.16. The molecular formula is C20H14N4O3S. The van der Waals surface area contributed by atoms with Crippen molar-refractivity contribution in [2.24, 2.45) is 0 Å². The van der Waals surface area contributed by atoms with E-state index in [-0.39, 0.29) is 10.3 Å². The van der Waals surface area contributed by atoms with Gasteiger partial charge < -0.3 is 5.11 Å². The van der Waals surface area contributed by atoms with Crippen LogP contribution in [0.3, 0.4) is 0 Å². The summed E-state index contributed by atoms with van der Waals surface area (Å²) in [6, 6.07) is 19.0. The first-order chi connectivity index (χ1) is 13.5. The van der Waals surface area contributed by atoms with Crippen molar-refractivity contribution in [1.29, 1.82) is 5.26 Å². The molecule has 1 amide bonds. The van der Waals surface area contributed by atoms with Crippen LogP contribution in [0.5, 0.6) is 5.88 Å². The number of aromatic nitrogens is 2. The van der Waals surface area contributed by atoms with Crippen LogP contribution in [0.15, 0.2) is 72.4 Å². The molecule has 3 aromatic rings. The summed E-state index contributed by atoms with van der Waals surface area (Å²) >= 11 is 5.19. The molecule has 28 heavy (non-hydrogen) atoms. The van der Waals surface area contributed by atoms with Gasteiger partial charge in [0.25, 0.3) is 11.8 Å². The highest BCUT2D eigenvalue weighted by atomic mass is 32.1. The third-order valence-corrected chi connectivity index (χ3v) is 4.17. The molecule has 0 radical (unpaired) electrons. The molecule has 0 unspecified atom stereocenters. The fourth-order valence-electron chi connectivity index (χ4n) is 2.45. The smallest absolute Gasteiger partial charge is 0.280 e. The fraction of sp³-hybridized carbons (Fsp3) is 0. The maximum Gasteiger partial charge on any atom is 0.280 e.